The Hall–Kier alpha value is -2.97. The molecule has 23 heavy (non-hydrogen) atoms. The maximum atomic E-state index is 11.5. The minimum atomic E-state index is -0.537. The number of aliphatic hydroxyl groups excluding tert-OH is 1. The number of hydrogen-bond donors (Lipinski definition) is 3. The quantitative estimate of drug-likeness (QED) is 0.756. The van der Waals surface area contributed by atoms with E-state index in [1.54, 1.807) is 12.1 Å². The second-order valence-corrected chi connectivity index (χ2v) is 4.72. The number of alkyl carbamates (subject to hydrolysis) is 1. The highest BCUT2D eigenvalue weighted by Gasteiger charge is 2.01. The number of carbonyl (C=O) groups excluding carboxylic acids is 1. The Bertz CT molecular complexity index is 717. The van der Waals surface area contributed by atoms with E-state index in [0.717, 1.165) is 5.56 Å². The second kappa shape index (κ2) is 8.47. The summed E-state index contributed by atoms with van der Waals surface area (Å²) in [5, 5.41) is 21.0. The standard InChI is InChI=1S/C18H17NO4/c20-12-16-11-14(8-9-17(16)21)7-4-10-19-18(22)23-13-15-5-2-1-3-6-15/h1-3,5-6,8-9,11,20-21H,10,12-13H2,(H,19,22). The van der Waals surface area contributed by atoms with E-state index in [1.807, 2.05) is 30.3 Å². The van der Waals surface area contributed by atoms with Gasteiger partial charge in [0.1, 0.15) is 12.4 Å². The van der Waals surface area contributed by atoms with Crippen molar-refractivity contribution >= 4 is 6.09 Å². The minimum absolute atomic E-state index is 0.0284. The third-order valence-electron chi connectivity index (χ3n) is 3.02. The van der Waals surface area contributed by atoms with Crippen LogP contribution in [0.4, 0.5) is 4.79 Å². The van der Waals surface area contributed by atoms with Crippen molar-refractivity contribution in [2.24, 2.45) is 0 Å². The Kier molecular flexibility index (Phi) is 6.04. The third kappa shape index (κ3) is 5.38. The molecule has 0 spiro atoms. The summed E-state index contributed by atoms with van der Waals surface area (Å²) in [7, 11) is 0. The molecule has 5 heteroatoms. The van der Waals surface area contributed by atoms with Gasteiger partial charge in [0.2, 0.25) is 0 Å². The number of ether oxygens (including phenoxy) is 1. The molecule has 0 atom stereocenters. The SMILES string of the molecule is O=C(NCC#Cc1ccc(O)c(CO)c1)OCc1ccccc1. The van der Waals surface area contributed by atoms with Crippen molar-refractivity contribution in [2.45, 2.75) is 13.2 Å². The lowest BCUT2D eigenvalue weighted by Crippen LogP contribution is -2.24. The molecule has 3 N–H and O–H groups in total. The van der Waals surface area contributed by atoms with Crippen molar-refractivity contribution in [3.8, 4) is 17.6 Å². The Morgan fingerprint density at radius 3 is 2.70 bits per heavy atom. The maximum absolute atomic E-state index is 11.5. The Morgan fingerprint density at radius 2 is 1.96 bits per heavy atom. The molecule has 2 aromatic carbocycles. The number of carbonyl (C=O) groups is 1. The van der Waals surface area contributed by atoms with E-state index in [1.165, 1.54) is 6.07 Å². The molecule has 0 aliphatic carbocycles. The van der Waals surface area contributed by atoms with Gasteiger partial charge in [-0.3, -0.25) is 0 Å². The van der Waals surface area contributed by atoms with Crippen molar-refractivity contribution in [3.63, 3.8) is 0 Å². The van der Waals surface area contributed by atoms with Gasteiger partial charge in [-0.25, -0.2) is 4.79 Å². The van der Waals surface area contributed by atoms with Crippen molar-refractivity contribution in [3.05, 3.63) is 65.2 Å². The van der Waals surface area contributed by atoms with Gasteiger partial charge in [-0.15, -0.1) is 0 Å². The first-order valence-corrected chi connectivity index (χ1v) is 7.05. The summed E-state index contributed by atoms with van der Waals surface area (Å²) < 4.78 is 5.05. The van der Waals surface area contributed by atoms with E-state index in [9.17, 15) is 9.90 Å². The lowest BCUT2D eigenvalue weighted by molar-refractivity contribution is 0.141. The molecule has 0 bridgehead atoms. The van der Waals surface area contributed by atoms with Crippen LogP contribution < -0.4 is 5.32 Å². The lowest BCUT2D eigenvalue weighted by Gasteiger charge is -2.04. The zero-order valence-corrected chi connectivity index (χ0v) is 12.5. The van der Waals surface area contributed by atoms with E-state index in [0.29, 0.717) is 11.1 Å². The average molecular weight is 311 g/mol. The third-order valence-corrected chi connectivity index (χ3v) is 3.02. The van der Waals surface area contributed by atoms with Crippen LogP contribution in [-0.2, 0) is 18.0 Å². The molecule has 0 fully saturated rings. The Labute approximate surface area is 134 Å². The summed E-state index contributed by atoms with van der Waals surface area (Å²) in [5.74, 6) is 5.64. The van der Waals surface area contributed by atoms with Gasteiger partial charge in [-0.2, -0.15) is 0 Å². The molecule has 1 amide bonds. The number of hydrogen-bond acceptors (Lipinski definition) is 4. The van der Waals surface area contributed by atoms with E-state index in [4.69, 9.17) is 9.84 Å². The molecule has 0 radical (unpaired) electrons. The van der Waals surface area contributed by atoms with E-state index >= 15 is 0 Å². The highest BCUT2D eigenvalue weighted by molar-refractivity contribution is 5.67. The number of nitrogens with one attached hydrogen (secondary N) is 1. The van der Waals surface area contributed by atoms with Gasteiger partial charge in [-0.1, -0.05) is 42.2 Å². The predicted molar refractivity (Wildman–Crippen MR) is 85.5 cm³/mol. The number of aliphatic hydroxyl groups is 1. The topological polar surface area (TPSA) is 78.8 Å². The molecule has 0 heterocycles. The number of benzene rings is 2. The van der Waals surface area contributed by atoms with E-state index < -0.39 is 6.09 Å². The first-order chi connectivity index (χ1) is 11.2. The molecule has 0 saturated heterocycles. The molecule has 2 aromatic rings. The fourth-order valence-electron chi connectivity index (χ4n) is 1.83. The molecular weight excluding hydrogens is 294 g/mol. The van der Waals surface area contributed by atoms with Crippen molar-refractivity contribution in [1.82, 2.24) is 5.32 Å². The largest absolute Gasteiger partial charge is 0.508 e. The maximum Gasteiger partial charge on any atom is 0.408 e. The van der Waals surface area contributed by atoms with Gasteiger partial charge < -0.3 is 20.3 Å². The molecule has 5 nitrogen and oxygen atoms in total. The molecule has 0 aliphatic rings. The molecular formula is C18H17NO4. The molecule has 0 unspecified atom stereocenters. The molecule has 0 aromatic heterocycles. The van der Waals surface area contributed by atoms with Crippen LogP contribution in [0.2, 0.25) is 0 Å². The molecule has 0 saturated carbocycles. The summed E-state index contributed by atoms with van der Waals surface area (Å²) in [5.41, 5.74) is 1.97. The van der Waals surface area contributed by atoms with E-state index in [2.05, 4.69) is 17.2 Å². The monoisotopic (exact) mass is 311 g/mol. The van der Waals surface area contributed by atoms with Gasteiger partial charge >= 0.3 is 6.09 Å². The van der Waals surface area contributed by atoms with Crippen LogP contribution in [0.1, 0.15) is 16.7 Å². The number of amides is 1. The Balaban J connectivity index is 1.77. The van der Waals surface area contributed by atoms with Crippen LogP contribution in [-0.4, -0.2) is 22.9 Å². The first-order valence-electron chi connectivity index (χ1n) is 7.05. The summed E-state index contributed by atoms with van der Waals surface area (Å²) >= 11 is 0. The highest BCUT2D eigenvalue weighted by atomic mass is 16.5. The summed E-state index contributed by atoms with van der Waals surface area (Å²) in [6.45, 7) is 0.0896. The average Bonchev–Trinajstić information content (AvgIpc) is 2.59. The van der Waals surface area contributed by atoms with Gasteiger partial charge in [0.15, 0.2) is 0 Å². The number of aromatic hydroxyl groups is 1. The van der Waals surface area contributed by atoms with Crippen LogP contribution in [0.25, 0.3) is 0 Å². The predicted octanol–water partition coefficient (Wildman–Crippen LogP) is 2.16. The number of rotatable bonds is 4. The lowest BCUT2D eigenvalue weighted by atomic mass is 10.1. The smallest absolute Gasteiger partial charge is 0.408 e. The van der Waals surface area contributed by atoms with Crippen molar-refractivity contribution in [2.75, 3.05) is 6.54 Å². The van der Waals surface area contributed by atoms with Crippen LogP contribution >= 0.6 is 0 Å². The van der Waals surface area contributed by atoms with Gasteiger partial charge in [-0.05, 0) is 23.8 Å². The molecule has 2 rings (SSSR count). The first kappa shape index (κ1) is 16.4. The molecule has 118 valence electrons. The number of phenols is 1. The molecule has 0 aliphatic heterocycles. The zero-order chi connectivity index (χ0) is 16.5. The minimum Gasteiger partial charge on any atom is -0.508 e. The van der Waals surface area contributed by atoms with Gasteiger partial charge in [0, 0.05) is 11.1 Å². The zero-order valence-electron chi connectivity index (χ0n) is 12.5. The van der Waals surface area contributed by atoms with Crippen LogP contribution in [0.3, 0.4) is 0 Å². The summed E-state index contributed by atoms with van der Waals surface area (Å²) in [4.78, 5) is 11.5. The van der Waals surface area contributed by atoms with Gasteiger partial charge in [0.25, 0.3) is 0 Å². The van der Waals surface area contributed by atoms with Crippen molar-refractivity contribution in [1.29, 1.82) is 0 Å². The highest BCUT2D eigenvalue weighted by Crippen LogP contribution is 2.17. The summed E-state index contributed by atoms with van der Waals surface area (Å²) in [6, 6.07) is 14.1. The normalized spacial score (nSPS) is 9.61. The fraction of sp³-hybridized carbons (Fsp3) is 0.167. The van der Waals surface area contributed by atoms with Crippen LogP contribution in [0.5, 0.6) is 5.75 Å². The Morgan fingerprint density at radius 1 is 1.17 bits per heavy atom. The fourth-order valence-corrected chi connectivity index (χ4v) is 1.83. The van der Waals surface area contributed by atoms with Crippen LogP contribution in [0, 0.1) is 11.8 Å². The van der Waals surface area contributed by atoms with E-state index in [-0.39, 0.29) is 25.5 Å². The second-order valence-electron chi connectivity index (χ2n) is 4.72. The van der Waals surface area contributed by atoms with Gasteiger partial charge in [0.05, 0.1) is 13.2 Å². The summed E-state index contributed by atoms with van der Waals surface area (Å²) in [6.07, 6.45) is -0.537. The van der Waals surface area contributed by atoms with Crippen molar-refractivity contribution < 1.29 is 19.7 Å². The van der Waals surface area contributed by atoms with Crippen LogP contribution in [0.15, 0.2) is 48.5 Å².